The Kier molecular flexibility index (Phi) is 4.22. The largest absolute Gasteiger partial charge is 0.384 e. The Morgan fingerprint density at radius 2 is 2.52 bits per heavy atom. The first-order valence-electron chi connectivity index (χ1n) is 7.55. The van der Waals surface area contributed by atoms with Gasteiger partial charge < -0.3 is 14.4 Å². The van der Waals surface area contributed by atoms with E-state index in [0.717, 1.165) is 32.4 Å². The summed E-state index contributed by atoms with van der Waals surface area (Å²) >= 11 is 0. The summed E-state index contributed by atoms with van der Waals surface area (Å²) in [5.74, 6) is 0.0580. The van der Waals surface area contributed by atoms with Crippen LogP contribution in [0, 0.1) is 5.41 Å². The zero-order valence-electron chi connectivity index (χ0n) is 12.5. The Balaban J connectivity index is 1.78. The molecule has 21 heavy (non-hydrogen) atoms. The van der Waals surface area contributed by atoms with Gasteiger partial charge in [0, 0.05) is 44.6 Å². The van der Waals surface area contributed by atoms with Crippen LogP contribution in [0.2, 0.25) is 0 Å². The highest BCUT2D eigenvalue weighted by molar-refractivity contribution is 5.94. The molecule has 0 radical (unpaired) electrons. The summed E-state index contributed by atoms with van der Waals surface area (Å²) in [5, 5.41) is 0. The number of methoxy groups -OCH3 is 1. The predicted octanol–water partition coefficient (Wildman–Crippen LogP) is 1.74. The maximum Gasteiger partial charge on any atom is 0.255 e. The number of nitrogens with zero attached hydrogens (tertiary/aromatic N) is 2. The topological polar surface area (TPSA) is 51.7 Å². The number of rotatable bonds is 3. The molecule has 2 atom stereocenters. The van der Waals surface area contributed by atoms with Crippen LogP contribution in [0.25, 0.3) is 0 Å². The van der Waals surface area contributed by atoms with Crippen LogP contribution < -0.4 is 0 Å². The zero-order chi connectivity index (χ0) is 14.7. The van der Waals surface area contributed by atoms with Crippen LogP contribution in [-0.4, -0.2) is 55.3 Å². The first kappa shape index (κ1) is 14.5. The average molecular weight is 290 g/mol. The molecule has 0 unspecified atom stereocenters. The van der Waals surface area contributed by atoms with E-state index in [2.05, 4.69) is 4.98 Å². The van der Waals surface area contributed by atoms with Crippen molar-refractivity contribution < 1.29 is 14.3 Å². The highest BCUT2D eigenvalue weighted by atomic mass is 16.5. The van der Waals surface area contributed by atoms with E-state index in [9.17, 15) is 4.79 Å². The van der Waals surface area contributed by atoms with Gasteiger partial charge >= 0.3 is 0 Å². The zero-order valence-corrected chi connectivity index (χ0v) is 12.5. The number of pyridine rings is 1. The van der Waals surface area contributed by atoms with Crippen LogP contribution in [-0.2, 0) is 9.47 Å². The van der Waals surface area contributed by atoms with E-state index >= 15 is 0 Å². The number of hydrogen-bond donors (Lipinski definition) is 0. The fourth-order valence-electron chi connectivity index (χ4n) is 3.63. The summed E-state index contributed by atoms with van der Waals surface area (Å²) in [7, 11) is 1.72. The lowest BCUT2D eigenvalue weighted by molar-refractivity contribution is -0.142. The molecular weight excluding hydrogens is 268 g/mol. The van der Waals surface area contributed by atoms with Gasteiger partial charge in [0.05, 0.1) is 18.3 Å². The standard InChI is InChI=1S/C16H22N2O3/c1-20-12-16-6-3-9-21-14(16)5-8-18(11-16)15(19)13-4-2-7-17-10-13/h2,4,7,10,14H,3,5-6,8-9,11-12H2,1H3/t14-,16+/m0/s1. The van der Waals surface area contributed by atoms with Gasteiger partial charge in [0.25, 0.3) is 5.91 Å². The molecule has 2 aliphatic heterocycles. The molecule has 2 aliphatic rings. The second-order valence-corrected chi connectivity index (χ2v) is 6.02. The molecule has 0 aliphatic carbocycles. The van der Waals surface area contributed by atoms with E-state index in [4.69, 9.17) is 9.47 Å². The Morgan fingerprint density at radius 3 is 3.29 bits per heavy atom. The lowest BCUT2D eigenvalue weighted by atomic mass is 9.73. The highest BCUT2D eigenvalue weighted by Crippen LogP contribution is 2.40. The van der Waals surface area contributed by atoms with Crippen LogP contribution in [0.3, 0.4) is 0 Å². The van der Waals surface area contributed by atoms with Crippen molar-refractivity contribution in [3.63, 3.8) is 0 Å². The van der Waals surface area contributed by atoms with Gasteiger partial charge in [0.1, 0.15) is 0 Å². The van der Waals surface area contributed by atoms with E-state index < -0.39 is 0 Å². The van der Waals surface area contributed by atoms with Crippen LogP contribution >= 0.6 is 0 Å². The number of hydrogen-bond acceptors (Lipinski definition) is 4. The molecule has 0 bridgehead atoms. The minimum atomic E-state index is -0.0525. The molecule has 0 aromatic carbocycles. The number of ether oxygens (including phenoxy) is 2. The molecular formula is C16H22N2O3. The van der Waals surface area contributed by atoms with E-state index in [1.54, 1.807) is 25.6 Å². The Bertz CT molecular complexity index is 490. The third kappa shape index (κ3) is 2.80. The predicted molar refractivity (Wildman–Crippen MR) is 78.0 cm³/mol. The fourth-order valence-corrected chi connectivity index (χ4v) is 3.63. The minimum absolute atomic E-state index is 0.0525. The summed E-state index contributed by atoms with van der Waals surface area (Å²) < 4.78 is 11.4. The van der Waals surface area contributed by atoms with E-state index in [-0.39, 0.29) is 17.4 Å². The molecule has 1 aromatic rings. The number of fused-ring (bicyclic) bond motifs is 1. The lowest BCUT2D eigenvalue weighted by Gasteiger charge is -2.50. The quantitative estimate of drug-likeness (QED) is 0.851. The summed E-state index contributed by atoms with van der Waals surface area (Å²) in [4.78, 5) is 18.6. The molecule has 5 nitrogen and oxygen atoms in total. The third-order valence-electron chi connectivity index (χ3n) is 4.62. The maximum atomic E-state index is 12.6. The van der Waals surface area contributed by atoms with E-state index in [0.29, 0.717) is 18.7 Å². The van der Waals surface area contributed by atoms with Gasteiger partial charge in [-0.15, -0.1) is 0 Å². The van der Waals surface area contributed by atoms with Crippen molar-refractivity contribution in [2.24, 2.45) is 5.41 Å². The maximum absolute atomic E-state index is 12.6. The van der Waals surface area contributed by atoms with Crippen LogP contribution in [0.4, 0.5) is 0 Å². The van der Waals surface area contributed by atoms with E-state index in [1.807, 2.05) is 11.0 Å². The highest BCUT2D eigenvalue weighted by Gasteiger charge is 2.47. The Hall–Kier alpha value is -1.46. The second-order valence-electron chi connectivity index (χ2n) is 6.02. The second kappa shape index (κ2) is 6.12. The van der Waals surface area contributed by atoms with Gasteiger partial charge in [-0.05, 0) is 31.4 Å². The van der Waals surface area contributed by atoms with Crippen LogP contribution in [0.5, 0.6) is 0 Å². The van der Waals surface area contributed by atoms with Gasteiger partial charge in [-0.1, -0.05) is 0 Å². The average Bonchev–Trinajstić information content (AvgIpc) is 2.54. The van der Waals surface area contributed by atoms with Crippen molar-refractivity contribution in [2.45, 2.75) is 25.4 Å². The normalized spacial score (nSPS) is 29.0. The lowest BCUT2D eigenvalue weighted by Crippen LogP contribution is -2.58. The number of likely N-dealkylation sites (tertiary alicyclic amines) is 1. The molecule has 2 fully saturated rings. The summed E-state index contributed by atoms with van der Waals surface area (Å²) in [6.07, 6.45) is 6.51. The molecule has 5 heteroatoms. The monoisotopic (exact) mass is 290 g/mol. The first-order chi connectivity index (χ1) is 10.2. The van der Waals surface area contributed by atoms with Crippen molar-refractivity contribution >= 4 is 5.91 Å². The SMILES string of the molecule is COC[C@]12CCCO[C@H]1CCN(C(=O)c1cccnc1)C2. The fraction of sp³-hybridized carbons (Fsp3) is 0.625. The van der Waals surface area contributed by atoms with Crippen molar-refractivity contribution in [1.82, 2.24) is 9.88 Å². The van der Waals surface area contributed by atoms with Crippen molar-refractivity contribution in [3.8, 4) is 0 Å². The molecule has 3 rings (SSSR count). The first-order valence-corrected chi connectivity index (χ1v) is 7.55. The van der Waals surface area contributed by atoms with Gasteiger partial charge in [-0.2, -0.15) is 0 Å². The molecule has 3 heterocycles. The van der Waals surface area contributed by atoms with Crippen molar-refractivity contribution in [3.05, 3.63) is 30.1 Å². The molecule has 0 N–H and O–H groups in total. The number of carbonyl (C=O) groups is 1. The summed E-state index contributed by atoms with van der Waals surface area (Å²) in [6, 6.07) is 3.62. The van der Waals surface area contributed by atoms with Crippen LogP contribution in [0.15, 0.2) is 24.5 Å². The van der Waals surface area contributed by atoms with Crippen molar-refractivity contribution in [2.75, 3.05) is 33.4 Å². The summed E-state index contributed by atoms with van der Waals surface area (Å²) in [5.41, 5.74) is 0.601. The molecule has 1 amide bonds. The molecule has 114 valence electrons. The number of amides is 1. The molecule has 0 spiro atoms. The molecule has 0 saturated carbocycles. The smallest absolute Gasteiger partial charge is 0.255 e. The number of carbonyl (C=O) groups excluding carboxylic acids is 1. The van der Waals surface area contributed by atoms with Gasteiger partial charge in [-0.25, -0.2) is 0 Å². The van der Waals surface area contributed by atoms with Gasteiger partial charge in [-0.3, -0.25) is 9.78 Å². The number of aromatic nitrogens is 1. The van der Waals surface area contributed by atoms with Gasteiger partial charge in [0.15, 0.2) is 0 Å². The third-order valence-corrected chi connectivity index (χ3v) is 4.62. The minimum Gasteiger partial charge on any atom is -0.384 e. The molecule has 1 aromatic heterocycles. The van der Waals surface area contributed by atoms with Gasteiger partial charge in [0.2, 0.25) is 0 Å². The Morgan fingerprint density at radius 1 is 1.62 bits per heavy atom. The van der Waals surface area contributed by atoms with E-state index in [1.165, 1.54) is 0 Å². The Labute approximate surface area is 125 Å². The van der Waals surface area contributed by atoms with Crippen LogP contribution in [0.1, 0.15) is 29.6 Å². The number of piperidine rings is 1. The van der Waals surface area contributed by atoms with Crippen molar-refractivity contribution in [1.29, 1.82) is 0 Å². The summed E-state index contributed by atoms with van der Waals surface area (Å²) in [6.45, 7) is 2.92. The molecule has 2 saturated heterocycles.